The van der Waals surface area contributed by atoms with E-state index < -0.39 is 5.97 Å². The van der Waals surface area contributed by atoms with E-state index >= 15 is 0 Å². The maximum Gasteiger partial charge on any atom is 0.331 e. The number of methoxy groups -OCH3 is 3. The van der Waals surface area contributed by atoms with Gasteiger partial charge in [-0.3, -0.25) is 0 Å². The topological polar surface area (TPSA) is 54.0 Å². The summed E-state index contributed by atoms with van der Waals surface area (Å²) in [5.74, 6) is 0.977. The average Bonchev–Trinajstić information content (AvgIpc) is 2.66. The molecule has 0 atom stereocenters. The maximum atomic E-state index is 11.9. The smallest absolute Gasteiger partial charge is 0.331 e. The van der Waals surface area contributed by atoms with E-state index in [2.05, 4.69) is 0 Å². The zero-order chi connectivity index (χ0) is 19.1. The number of carbonyl (C=O) groups is 1. The number of ether oxygens (including phenoxy) is 4. The number of hydrogen-bond acceptors (Lipinski definition) is 5. The summed E-state index contributed by atoms with van der Waals surface area (Å²) < 4.78 is 21.0. The molecular weight excluding hydrogens is 379 g/mol. The lowest BCUT2D eigenvalue weighted by molar-refractivity contribution is -0.138. The minimum Gasteiger partial charge on any atom is -0.493 e. The minimum absolute atomic E-state index is 0.0926. The molecule has 0 aliphatic rings. The molecule has 0 N–H and O–H groups in total. The quantitative estimate of drug-likeness (QED) is 0.497. The lowest BCUT2D eigenvalue weighted by Crippen LogP contribution is -2.01. The van der Waals surface area contributed by atoms with E-state index in [1.165, 1.54) is 27.4 Å². The fourth-order valence-electron chi connectivity index (χ4n) is 2.19. The van der Waals surface area contributed by atoms with Crippen molar-refractivity contribution in [3.63, 3.8) is 0 Å². The summed E-state index contributed by atoms with van der Waals surface area (Å²) in [4.78, 5) is 11.9. The van der Waals surface area contributed by atoms with Gasteiger partial charge in [0, 0.05) is 6.08 Å². The van der Waals surface area contributed by atoms with Crippen LogP contribution in [0, 0.1) is 0 Å². The first-order valence-electron chi connectivity index (χ1n) is 7.57. The molecule has 0 spiro atoms. The van der Waals surface area contributed by atoms with Crippen molar-refractivity contribution in [2.45, 2.75) is 6.61 Å². The molecule has 0 aliphatic carbocycles. The van der Waals surface area contributed by atoms with E-state index in [0.717, 1.165) is 5.56 Å². The van der Waals surface area contributed by atoms with Gasteiger partial charge in [-0.25, -0.2) is 4.79 Å². The molecule has 0 radical (unpaired) electrons. The summed E-state index contributed by atoms with van der Waals surface area (Å²) in [5.41, 5.74) is 1.44. The number of halogens is 2. The Labute approximate surface area is 162 Å². The van der Waals surface area contributed by atoms with Gasteiger partial charge in [-0.1, -0.05) is 29.3 Å². The normalized spacial score (nSPS) is 10.7. The van der Waals surface area contributed by atoms with Gasteiger partial charge < -0.3 is 18.9 Å². The van der Waals surface area contributed by atoms with Crippen LogP contribution in [-0.2, 0) is 16.1 Å². The Balaban J connectivity index is 2.06. The standard InChI is InChI=1S/C19H18Cl2O5/c1-23-16-9-12(10-17(24-2)19(16)25-3)5-7-18(22)26-11-13-4-6-14(20)15(21)8-13/h4-10H,11H2,1-3H3/b7-5+. The molecule has 0 unspecified atom stereocenters. The summed E-state index contributed by atoms with van der Waals surface area (Å²) >= 11 is 11.8. The first-order chi connectivity index (χ1) is 12.5. The molecule has 0 saturated carbocycles. The Kier molecular flexibility index (Phi) is 7.18. The van der Waals surface area contributed by atoms with Crippen LogP contribution in [0.15, 0.2) is 36.4 Å². The summed E-state index contributed by atoms with van der Waals surface area (Å²) in [6, 6.07) is 8.50. The van der Waals surface area contributed by atoms with Gasteiger partial charge in [0.15, 0.2) is 11.5 Å². The molecule has 0 fully saturated rings. The number of esters is 1. The number of benzene rings is 2. The van der Waals surface area contributed by atoms with Crippen LogP contribution in [0.3, 0.4) is 0 Å². The number of hydrogen-bond donors (Lipinski definition) is 0. The molecule has 7 heteroatoms. The molecular formula is C19H18Cl2O5. The van der Waals surface area contributed by atoms with Crippen molar-refractivity contribution in [3.8, 4) is 17.2 Å². The number of rotatable bonds is 7. The van der Waals surface area contributed by atoms with Crippen molar-refractivity contribution in [3.05, 3.63) is 57.6 Å². The van der Waals surface area contributed by atoms with Crippen LogP contribution in [0.2, 0.25) is 10.0 Å². The van der Waals surface area contributed by atoms with E-state index in [1.807, 2.05) is 0 Å². The molecule has 0 aliphatic heterocycles. The van der Waals surface area contributed by atoms with E-state index in [9.17, 15) is 4.79 Å². The third-order valence-corrected chi connectivity index (χ3v) is 4.20. The van der Waals surface area contributed by atoms with Gasteiger partial charge in [0.25, 0.3) is 0 Å². The summed E-state index contributed by atoms with van der Waals surface area (Å²) in [7, 11) is 4.57. The first kappa shape index (κ1) is 19.9. The highest BCUT2D eigenvalue weighted by atomic mass is 35.5. The van der Waals surface area contributed by atoms with Crippen molar-refractivity contribution in [1.29, 1.82) is 0 Å². The van der Waals surface area contributed by atoms with Crippen LogP contribution in [0.25, 0.3) is 6.08 Å². The van der Waals surface area contributed by atoms with E-state index in [1.54, 1.807) is 36.4 Å². The molecule has 2 aromatic carbocycles. The molecule has 0 saturated heterocycles. The SMILES string of the molecule is COc1cc(/C=C/C(=O)OCc2ccc(Cl)c(Cl)c2)cc(OC)c1OC. The molecule has 0 bridgehead atoms. The number of carbonyl (C=O) groups excluding carboxylic acids is 1. The highest BCUT2D eigenvalue weighted by Gasteiger charge is 2.12. The van der Waals surface area contributed by atoms with Crippen molar-refractivity contribution < 1.29 is 23.7 Å². The van der Waals surface area contributed by atoms with Crippen molar-refractivity contribution in [2.75, 3.05) is 21.3 Å². The second-order valence-electron chi connectivity index (χ2n) is 5.15. The van der Waals surface area contributed by atoms with Crippen LogP contribution in [0.4, 0.5) is 0 Å². The van der Waals surface area contributed by atoms with E-state index in [4.69, 9.17) is 42.1 Å². The summed E-state index contributed by atoms with van der Waals surface area (Å²) in [5, 5.41) is 0.859. The Bertz CT molecular complexity index is 793. The lowest BCUT2D eigenvalue weighted by Gasteiger charge is -2.12. The van der Waals surface area contributed by atoms with E-state index in [0.29, 0.717) is 32.9 Å². The zero-order valence-corrected chi connectivity index (χ0v) is 16.1. The molecule has 5 nitrogen and oxygen atoms in total. The predicted molar refractivity (Wildman–Crippen MR) is 101 cm³/mol. The second-order valence-corrected chi connectivity index (χ2v) is 5.96. The van der Waals surface area contributed by atoms with Gasteiger partial charge in [0.2, 0.25) is 5.75 Å². The van der Waals surface area contributed by atoms with Gasteiger partial charge in [0.1, 0.15) is 6.61 Å². The molecule has 138 valence electrons. The summed E-state index contributed by atoms with van der Waals surface area (Å²) in [6.45, 7) is 0.0926. The summed E-state index contributed by atoms with van der Waals surface area (Å²) in [6.07, 6.45) is 2.92. The van der Waals surface area contributed by atoms with Gasteiger partial charge in [-0.15, -0.1) is 0 Å². The Hall–Kier alpha value is -2.37. The average molecular weight is 397 g/mol. The Morgan fingerprint density at radius 3 is 2.15 bits per heavy atom. The van der Waals surface area contributed by atoms with Crippen molar-refractivity contribution >= 4 is 35.2 Å². The molecule has 0 aromatic heterocycles. The minimum atomic E-state index is -0.496. The molecule has 26 heavy (non-hydrogen) atoms. The monoisotopic (exact) mass is 396 g/mol. The van der Waals surface area contributed by atoms with Gasteiger partial charge in [0.05, 0.1) is 31.4 Å². The molecule has 2 aromatic rings. The van der Waals surface area contributed by atoms with Crippen LogP contribution < -0.4 is 14.2 Å². The molecule has 2 rings (SSSR count). The van der Waals surface area contributed by atoms with Crippen molar-refractivity contribution in [1.82, 2.24) is 0 Å². The van der Waals surface area contributed by atoms with Crippen LogP contribution in [0.5, 0.6) is 17.2 Å². The second kappa shape index (κ2) is 9.36. The maximum absolute atomic E-state index is 11.9. The highest BCUT2D eigenvalue weighted by molar-refractivity contribution is 6.42. The van der Waals surface area contributed by atoms with Gasteiger partial charge in [-0.05, 0) is 41.5 Å². The van der Waals surface area contributed by atoms with Crippen LogP contribution in [0.1, 0.15) is 11.1 Å². The van der Waals surface area contributed by atoms with Crippen LogP contribution >= 0.6 is 23.2 Å². The fraction of sp³-hybridized carbons (Fsp3) is 0.211. The third-order valence-electron chi connectivity index (χ3n) is 3.46. The molecule has 0 heterocycles. The first-order valence-corrected chi connectivity index (χ1v) is 8.32. The highest BCUT2D eigenvalue weighted by Crippen LogP contribution is 2.38. The van der Waals surface area contributed by atoms with E-state index in [-0.39, 0.29) is 6.61 Å². The lowest BCUT2D eigenvalue weighted by atomic mass is 10.1. The fourth-order valence-corrected chi connectivity index (χ4v) is 2.51. The largest absolute Gasteiger partial charge is 0.493 e. The Morgan fingerprint density at radius 2 is 1.62 bits per heavy atom. The predicted octanol–water partition coefficient (Wildman–Crippen LogP) is 4.78. The zero-order valence-electron chi connectivity index (χ0n) is 14.5. The van der Waals surface area contributed by atoms with Gasteiger partial charge in [-0.2, -0.15) is 0 Å². The Morgan fingerprint density at radius 1 is 0.962 bits per heavy atom. The van der Waals surface area contributed by atoms with Crippen molar-refractivity contribution in [2.24, 2.45) is 0 Å². The molecule has 0 amide bonds. The third kappa shape index (κ3) is 5.07. The van der Waals surface area contributed by atoms with Gasteiger partial charge >= 0.3 is 5.97 Å². The van der Waals surface area contributed by atoms with Crippen LogP contribution in [-0.4, -0.2) is 27.3 Å².